The summed E-state index contributed by atoms with van der Waals surface area (Å²) in [6, 6.07) is 16.5. The molecule has 122 valence electrons. The van der Waals surface area contributed by atoms with Gasteiger partial charge in [0.25, 0.3) is 0 Å². The number of rotatable bonds is 6. The lowest BCUT2D eigenvalue weighted by Gasteiger charge is -2.14. The SMILES string of the molecule is Cc1ccc(S[C@H](C)C(=O)NCc2ccc(N(C)C)cc2)cc1. The van der Waals surface area contributed by atoms with Crippen molar-refractivity contribution in [3.8, 4) is 0 Å². The Kier molecular flexibility index (Phi) is 6.11. The molecule has 4 heteroatoms. The number of nitrogens with zero attached hydrogens (tertiary/aromatic N) is 1. The van der Waals surface area contributed by atoms with E-state index in [4.69, 9.17) is 0 Å². The molecule has 23 heavy (non-hydrogen) atoms. The molecule has 2 aromatic carbocycles. The lowest BCUT2D eigenvalue weighted by atomic mass is 10.2. The van der Waals surface area contributed by atoms with Gasteiger partial charge in [0, 0.05) is 31.2 Å². The number of carbonyl (C=O) groups excluding carboxylic acids is 1. The largest absolute Gasteiger partial charge is 0.378 e. The average molecular weight is 328 g/mol. The van der Waals surface area contributed by atoms with Crippen molar-refractivity contribution in [1.29, 1.82) is 0 Å². The van der Waals surface area contributed by atoms with Gasteiger partial charge in [0.15, 0.2) is 0 Å². The van der Waals surface area contributed by atoms with Crippen LogP contribution in [0.2, 0.25) is 0 Å². The van der Waals surface area contributed by atoms with E-state index in [2.05, 4.69) is 53.5 Å². The van der Waals surface area contributed by atoms with Crippen LogP contribution >= 0.6 is 11.8 Å². The Morgan fingerprint density at radius 2 is 1.70 bits per heavy atom. The van der Waals surface area contributed by atoms with Gasteiger partial charge in [0.1, 0.15) is 0 Å². The highest BCUT2D eigenvalue weighted by atomic mass is 32.2. The van der Waals surface area contributed by atoms with Crippen LogP contribution in [0.25, 0.3) is 0 Å². The second-order valence-electron chi connectivity index (χ2n) is 5.85. The number of anilines is 1. The van der Waals surface area contributed by atoms with Gasteiger partial charge in [-0.05, 0) is 43.7 Å². The maximum Gasteiger partial charge on any atom is 0.233 e. The van der Waals surface area contributed by atoms with Gasteiger partial charge >= 0.3 is 0 Å². The summed E-state index contributed by atoms with van der Waals surface area (Å²) in [6.45, 7) is 4.56. The molecule has 0 unspecified atom stereocenters. The fourth-order valence-electron chi connectivity index (χ4n) is 2.12. The van der Waals surface area contributed by atoms with Crippen LogP contribution in [0.5, 0.6) is 0 Å². The minimum atomic E-state index is -0.112. The van der Waals surface area contributed by atoms with E-state index in [1.54, 1.807) is 11.8 Å². The van der Waals surface area contributed by atoms with E-state index in [-0.39, 0.29) is 11.2 Å². The van der Waals surface area contributed by atoms with Crippen molar-refractivity contribution >= 4 is 23.4 Å². The van der Waals surface area contributed by atoms with Crippen molar-refractivity contribution in [3.05, 3.63) is 59.7 Å². The van der Waals surface area contributed by atoms with Gasteiger partial charge in [-0.2, -0.15) is 0 Å². The van der Waals surface area contributed by atoms with E-state index in [1.807, 2.05) is 33.2 Å². The maximum absolute atomic E-state index is 12.2. The summed E-state index contributed by atoms with van der Waals surface area (Å²) >= 11 is 1.58. The van der Waals surface area contributed by atoms with Gasteiger partial charge in [-0.25, -0.2) is 0 Å². The van der Waals surface area contributed by atoms with Crippen molar-refractivity contribution in [2.45, 2.75) is 30.5 Å². The first-order valence-electron chi connectivity index (χ1n) is 7.73. The third kappa shape index (κ3) is 5.32. The summed E-state index contributed by atoms with van der Waals surface area (Å²) in [7, 11) is 4.03. The molecular formula is C19H24N2OS. The second kappa shape index (κ2) is 8.06. The molecule has 0 aliphatic heterocycles. The summed E-state index contributed by atoms with van der Waals surface area (Å²) in [4.78, 5) is 15.4. The summed E-state index contributed by atoms with van der Waals surface area (Å²) in [5.41, 5.74) is 3.49. The Morgan fingerprint density at radius 3 is 2.26 bits per heavy atom. The molecule has 3 nitrogen and oxygen atoms in total. The fourth-order valence-corrected chi connectivity index (χ4v) is 3.01. The van der Waals surface area contributed by atoms with Gasteiger partial charge in [-0.15, -0.1) is 11.8 Å². The summed E-state index contributed by atoms with van der Waals surface area (Å²) < 4.78 is 0. The lowest BCUT2D eigenvalue weighted by Crippen LogP contribution is -2.30. The number of amides is 1. The molecular weight excluding hydrogens is 304 g/mol. The molecule has 0 radical (unpaired) electrons. The molecule has 0 aliphatic rings. The van der Waals surface area contributed by atoms with Crippen molar-refractivity contribution in [2.24, 2.45) is 0 Å². The number of hydrogen-bond donors (Lipinski definition) is 1. The van der Waals surface area contributed by atoms with Gasteiger partial charge in [-0.1, -0.05) is 29.8 Å². The number of aryl methyl sites for hydroxylation is 1. The molecule has 0 bridgehead atoms. The fraction of sp³-hybridized carbons (Fsp3) is 0.316. The van der Waals surface area contributed by atoms with Gasteiger partial charge in [-0.3, -0.25) is 4.79 Å². The standard InChI is InChI=1S/C19H24N2OS/c1-14-5-11-18(12-6-14)23-15(2)19(22)20-13-16-7-9-17(10-8-16)21(3)4/h5-12,15H,13H2,1-4H3,(H,20,22)/t15-/m1/s1. The van der Waals surface area contributed by atoms with Crippen LogP contribution < -0.4 is 10.2 Å². The highest BCUT2D eigenvalue weighted by Gasteiger charge is 2.13. The Balaban J connectivity index is 1.84. The molecule has 0 saturated heterocycles. The molecule has 0 spiro atoms. The van der Waals surface area contributed by atoms with Crippen LogP contribution in [0.1, 0.15) is 18.1 Å². The van der Waals surface area contributed by atoms with Gasteiger partial charge < -0.3 is 10.2 Å². The Hall–Kier alpha value is -1.94. The van der Waals surface area contributed by atoms with Crippen LogP contribution in [0.3, 0.4) is 0 Å². The van der Waals surface area contributed by atoms with Gasteiger partial charge in [0.2, 0.25) is 5.91 Å². The maximum atomic E-state index is 12.2. The zero-order chi connectivity index (χ0) is 16.8. The summed E-state index contributed by atoms with van der Waals surface area (Å²) in [5.74, 6) is 0.0623. The van der Waals surface area contributed by atoms with Crippen LogP contribution in [0.4, 0.5) is 5.69 Å². The monoisotopic (exact) mass is 328 g/mol. The molecule has 1 atom stereocenters. The van der Waals surface area contributed by atoms with Crippen LogP contribution in [0.15, 0.2) is 53.4 Å². The normalized spacial score (nSPS) is 11.8. The third-order valence-electron chi connectivity index (χ3n) is 3.62. The first-order chi connectivity index (χ1) is 11.0. The minimum absolute atomic E-state index is 0.0623. The van der Waals surface area contributed by atoms with E-state index in [1.165, 1.54) is 5.56 Å². The zero-order valence-electron chi connectivity index (χ0n) is 14.2. The Bertz CT molecular complexity index is 635. The first-order valence-corrected chi connectivity index (χ1v) is 8.61. The van der Waals surface area contributed by atoms with Crippen LogP contribution in [-0.4, -0.2) is 25.3 Å². The predicted molar refractivity (Wildman–Crippen MR) is 99.1 cm³/mol. The number of hydrogen-bond acceptors (Lipinski definition) is 3. The first kappa shape index (κ1) is 17.4. The zero-order valence-corrected chi connectivity index (χ0v) is 15.0. The second-order valence-corrected chi connectivity index (χ2v) is 7.27. The molecule has 0 saturated carbocycles. The lowest BCUT2D eigenvalue weighted by molar-refractivity contribution is -0.120. The van der Waals surface area contributed by atoms with E-state index in [0.717, 1.165) is 16.1 Å². The molecule has 2 aromatic rings. The topological polar surface area (TPSA) is 32.3 Å². The molecule has 0 aromatic heterocycles. The third-order valence-corrected chi connectivity index (χ3v) is 4.73. The number of thioether (sulfide) groups is 1. The number of benzene rings is 2. The van der Waals surface area contributed by atoms with Crippen molar-refractivity contribution in [2.75, 3.05) is 19.0 Å². The van der Waals surface area contributed by atoms with Crippen LogP contribution in [-0.2, 0) is 11.3 Å². The molecule has 1 amide bonds. The summed E-state index contributed by atoms with van der Waals surface area (Å²) in [5, 5.41) is 2.89. The predicted octanol–water partition coefficient (Wildman–Crippen LogP) is 3.86. The molecule has 1 N–H and O–H groups in total. The van der Waals surface area contributed by atoms with Crippen LogP contribution in [0, 0.1) is 6.92 Å². The van der Waals surface area contributed by atoms with E-state index in [9.17, 15) is 4.79 Å². The Labute approximate surface area is 143 Å². The smallest absolute Gasteiger partial charge is 0.233 e. The molecule has 0 aliphatic carbocycles. The van der Waals surface area contributed by atoms with E-state index in [0.29, 0.717) is 6.54 Å². The van der Waals surface area contributed by atoms with E-state index < -0.39 is 0 Å². The van der Waals surface area contributed by atoms with Gasteiger partial charge in [0.05, 0.1) is 5.25 Å². The molecule has 0 heterocycles. The molecule has 0 fully saturated rings. The Morgan fingerprint density at radius 1 is 1.09 bits per heavy atom. The number of carbonyl (C=O) groups is 1. The average Bonchev–Trinajstić information content (AvgIpc) is 2.55. The molecule has 2 rings (SSSR count). The highest BCUT2D eigenvalue weighted by molar-refractivity contribution is 8.00. The van der Waals surface area contributed by atoms with Crippen molar-refractivity contribution in [3.63, 3.8) is 0 Å². The number of nitrogens with one attached hydrogen (secondary N) is 1. The minimum Gasteiger partial charge on any atom is -0.378 e. The van der Waals surface area contributed by atoms with Crippen molar-refractivity contribution < 1.29 is 4.79 Å². The van der Waals surface area contributed by atoms with Crippen molar-refractivity contribution in [1.82, 2.24) is 5.32 Å². The highest BCUT2D eigenvalue weighted by Crippen LogP contribution is 2.23. The quantitative estimate of drug-likeness (QED) is 0.817. The summed E-state index contributed by atoms with van der Waals surface area (Å²) in [6.07, 6.45) is 0. The van der Waals surface area contributed by atoms with E-state index >= 15 is 0 Å².